The van der Waals surface area contributed by atoms with E-state index in [-0.39, 0.29) is 6.03 Å². The van der Waals surface area contributed by atoms with Gasteiger partial charge in [-0.25, -0.2) is 4.79 Å². The topological polar surface area (TPSA) is 66.2 Å². The first-order chi connectivity index (χ1) is 13.1. The number of hydrogen-bond acceptors (Lipinski definition) is 2. The largest absolute Gasteiger partial charge is 0.492 e. The van der Waals surface area contributed by atoms with Crippen molar-refractivity contribution in [3.63, 3.8) is 0 Å². The average molecular weight is 451 g/mol. The normalized spacial score (nSPS) is 10.7. The van der Waals surface area contributed by atoms with Crippen LogP contribution in [0.2, 0.25) is 5.02 Å². The number of aromatic amines is 1. The lowest BCUT2D eigenvalue weighted by molar-refractivity contribution is 0.239. The summed E-state index contributed by atoms with van der Waals surface area (Å²) in [4.78, 5) is 15.1. The van der Waals surface area contributed by atoms with Crippen molar-refractivity contribution >= 4 is 44.5 Å². The number of urea groups is 1. The number of carbonyl (C=O) groups excluding carboxylic acids is 1. The number of halogens is 2. The highest BCUT2D eigenvalue weighted by molar-refractivity contribution is 9.10. The number of rotatable bonds is 8. The summed E-state index contributed by atoms with van der Waals surface area (Å²) < 4.78 is 6.52. The number of amides is 2. The minimum Gasteiger partial charge on any atom is -0.492 e. The van der Waals surface area contributed by atoms with Gasteiger partial charge < -0.3 is 20.4 Å². The van der Waals surface area contributed by atoms with Crippen molar-refractivity contribution in [3.05, 3.63) is 63.7 Å². The van der Waals surface area contributed by atoms with E-state index in [1.54, 1.807) is 6.07 Å². The van der Waals surface area contributed by atoms with Crippen LogP contribution in [0.5, 0.6) is 5.75 Å². The number of H-pyrrole nitrogens is 1. The summed E-state index contributed by atoms with van der Waals surface area (Å²) in [6.45, 7) is 1.60. The van der Waals surface area contributed by atoms with Crippen molar-refractivity contribution in [2.75, 3.05) is 19.7 Å². The Hall–Kier alpha value is -2.18. The fourth-order valence-corrected chi connectivity index (χ4v) is 3.49. The minimum absolute atomic E-state index is 0.170. The standard InChI is InChI=1S/C20H21BrClN3O2/c21-15-6-7-19(17(22)12-15)27-11-3-9-23-20(26)24-10-8-14-13-25-18-5-2-1-4-16(14)18/h1-2,4-7,12-13,25H,3,8-11H2,(H2,23,24,26). The summed E-state index contributed by atoms with van der Waals surface area (Å²) in [6, 6.07) is 13.5. The van der Waals surface area contributed by atoms with E-state index in [2.05, 4.69) is 37.6 Å². The van der Waals surface area contributed by atoms with Crippen LogP contribution < -0.4 is 15.4 Å². The molecule has 0 spiro atoms. The third kappa shape index (κ3) is 5.65. The van der Waals surface area contributed by atoms with Gasteiger partial charge in [0.1, 0.15) is 5.75 Å². The van der Waals surface area contributed by atoms with Gasteiger partial charge >= 0.3 is 6.03 Å². The second-order valence-corrected chi connectivity index (χ2v) is 7.39. The van der Waals surface area contributed by atoms with Crippen LogP contribution in [0, 0.1) is 0 Å². The Morgan fingerprint density at radius 2 is 1.96 bits per heavy atom. The third-order valence-electron chi connectivity index (χ3n) is 4.11. The molecule has 3 N–H and O–H groups in total. The Labute approximate surface area is 171 Å². The maximum atomic E-state index is 11.9. The molecule has 27 heavy (non-hydrogen) atoms. The van der Waals surface area contributed by atoms with Crippen LogP contribution in [0.15, 0.2) is 53.1 Å². The van der Waals surface area contributed by atoms with Crippen molar-refractivity contribution in [3.8, 4) is 5.75 Å². The predicted molar refractivity (Wildman–Crippen MR) is 113 cm³/mol. The monoisotopic (exact) mass is 449 g/mol. The lowest BCUT2D eigenvalue weighted by Gasteiger charge is -2.10. The molecule has 0 atom stereocenters. The molecule has 0 aliphatic rings. The summed E-state index contributed by atoms with van der Waals surface area (Å²) in [5.74, 6) is 0.642. The quantitative estimate of drug-likeness (QED) is 0.428. The molecule has 7 heteroatoms. The summed E-state index contributed by atoms with van der Waals surface area (Å²) in [6.07, 6.45) is 3.47. The zero-order valence-electron chi connectivity index (χ0n) is 14.7. The van der Waals surface area contributed by atoms with E-state index in [1.807, 2.05) is 36.5 Å². The molecule has 0 unspecified atom stereocenters. The molecule has 0 aliphatic carbocycles. The van der Waals surface area contributed by atoms with Crippen molar-refractivity contribution < 1.29 is 9.53 Å². The molecule has 1 aromatic heterocycles. The van der Waals surface area contributed by atoms with Gasteiger partial charge in [-0.1, -0.05) is 45.7 Å². The number of hydrogen-bond donors (Lipinski definition) is 3. The number of ether oxygens (including phenoxy) is 1. The van der Waals surface area contributed by atoms with Crippen molar-refractivity contribution in [1.29, 1.82) is 0 Å². The fourth-order valence-electron chi connectivity index (χ4n) is 2.76. The molecule has 0 saturated heterocycles. The van der Waals surface area contributed by atoms with Gasteiger partial charge in [0.05, 0.1) is 11.6 Å². The molecule has 5 nitrogen and oxygen atoms in total. The maximum Gasteiger partial charge on any atom is 0.314 e. The maximum absolute atomic E-state index is 11.9. The first-order valence-corrected chi connectivity index (χ1v) is 9.95. The highest BCUT2D eigenvalue weighted by Gasteiger charge is 2.05. The molecule has 3 rings (SSSR count). The van der Waals surface area contributed by atoms with E-state index in [0.29, 0.717) is 36.9 Å². The van der Waals surface area contributed by atoms with Crippen molar-refractivity contribution in [2.45, 2.75) is 12.8 Å². The van der Waals surface area contributed by atoms with Crippen molar-refractivity contribution in [2.24, 2.45) is 0 Å². The molecule has 0 bridgehead atoms. The van der Waals surface area contributed by atoms with Crippen molar-refractivity contribution in [1.82, 2.24) is 15.6 Å². The van der Waals surface area contributed by atoms with Crippen LogP contribution in [0.1, 0.15) is 12.0 Å². The van der Waals surface area contributed by atoms with E-state index in [4.69, 9.17) is 16.3 Å². The van der Waals surface area contributed by atoms with E-state index < -0.39 is 0 Å². The van der Waals surface area contributed by atoms with Crippen LogP contribution >= 0.6 is 27.5 Å². The van der Waals surface area contributed by atoms with Gasteiger partial charge in [0.15, 0.2) is 0 Å². The van der Waals surface area contributed by atoms with Gasteiger partial charge in [-0.15, -0.1) is 0 Å². The Morgan fingerprint density at radius 1 is 1.15 bits per heavy atom. The Bertz CT molecular complexity index is 913. The average Bonchev–Trinajstić information content (AvgIpc) is 3.06. The first kappa shape index (κ1) is 19.6. The molecule has 0 saturated carbocycles. The Balaban J connectivity index is 1.31. The zero-order valence-corrected chi connectivity index (χ0v) is 17.1. The van der Waals surface area contributed by atoms with Gasteiger partial charge in [-0.3, -0.25) is 0 Å². The molecule has 0 fully saturated rings. The molecular formula is C20H21BrClN3O2. The number of carbonyl (C=O) groups is 1. The third-order valence-corrected chi connectivity index (χ3v) is 4.90. The number of fused-ring (bicyclic) bond motifs is 1. The van der Waals surface area contributed by atoms with Gasteiger partial charge in [0.25, 0.3) is 0 Å². The number of nitrogens with one attached hydrogen (secondary N) is 3. The summed E-state index contributed by atoms with van der Waals surface area (Å²) in [7, 11) is 0. The first-order valence-electron chi connectivity index (χ1n) is 8.78. The van der Waals surface area contributed by atoms with Crippen LogP contribution in [-0.2, 0) is 6.42 Å². The molecule has 1 heterocycles. The highest BCUT2D eigenvalue weighted by atomic mass is 79.9. The summed E-state index contributed by atoms with van der Waals surface area (Å²) in [5.41, 5.74) is 2.31. The molecular weight excluding hydrogens is 430 g/mol. The van der Waals surface area contributed by atoms with E-state index in [9.17, 15) is 4.79 Å². The van der Waals surface area contributed by atoms with E-state index >= 15 is 0 Å². The number of benzene rings is 2. The molecule has 0 aliphatic heterocycles. The zero-order chi connectivity index (χ0) is 19.1. The highest BCUT2D eigenvalue weighted by Crippen LogP contribution is 2.27. The van der Waals surface area contributed by atoms with Crippen LogP contribution in [0.25, 0.3) is 10.9 Å². The van der Waals surface area contributed by atoms with E-state index in [0.717, 1.165) is 16.4 Å². The summed E-state index contributed by atoms with van der Waals surface area (Å²) >= 11 is 9.45. The number of aromatic nitrogens is 1. The van der Waals surface area contributed by atoms with Crippen LogP contribution in [0.4, 0.5) is 4.79 Å². The van der Waals surface area contributed by atoms with Gasteiger partial charge in [-0.05, 0) is 42.7 Å². The van der Waals surface area contributed by atoms with Crippen LogP contribution in [0.3, 0.4) is 0 Å². The fraction of sp³-hybridized carbons (Fsp3) is 0.250. The number of para-hydroxylation sites is 1. The molecule has 142 valence electrons. The Morgan fingerprint density at radius 3 is 2.81 bits per heavy atom. The second kappa shape index (κ2) is 9.67. The molecule has 0 radical (unpaired) electrons. The SMILES string of the molecule is O=C(NCCCOc1ccc(Br)cc1Cl)NCCc1c[nH]c2ccccc12. The minimum atomic E-state index is -0.170. The summed E-state index contributed by atoms with van der Waals surface area (Å²) in [5, 5.41) is 7.47. The molecule has 3 aromatic rings. The molecule has 2 amide bonds. The van der Waals surface area contributed by atoms with E-state index in [1.165, 1.54) is 10.9 Å². The van der Waals surface area contributed by atoms with Gasteiger partial charge in [0, 0.05) is 34.7 Å². The Kier molecular flexibility index (Phi) is 7.01. The van der Waals surface area contributed by atoms with Gasteiger partial charge in [0.2, 0.25) is 0 Å². The lowest BCUT2D eigenvalue weighted by atomic mass is 10.1. The second-order valence-electron chi connectivity index (χ2n) is 6.07. The van der Waals surface area contributed by atoms with Gasteiger partial charge in [-0.2, -0.15) is 0 Å². The lowest BCUT2D eigenvalue weighted by Crippen LogP contribution is -2.37. The smallest absolute Gasteiger partial charge is 0.314 e. The predicted octanol–water partition coefficient (Wildman–Crippen LogP) is 4.89. The molecule has 2 aromatic carbocycles. The van der Waals surface area contributed by atoms with Crippen LogP contribution in [-0.4, -0.2) is 30.7 Å².